The number of rotatable bonds is 3. The minimum absolute atomic E-state index is 0.286. The Morgan fingerprint density at radius 2 is 2.00 bits per heavy atom. The van der Waals surface area contributed by atoms with E-state index in [-0.39, 0.29) is 12.1 Å². The fourth-order valence-electron chi connectivity index (χ4n) is 5.15. The van der Waals surface area contributed by atoms with Gasteiger partial charge in [-0.25, -0.2) is 23.1 Å². The quantitative estimate of drug-likeness (QED) is 0.463. The van der Waals surface area contributed by atoms with Crippen molar-refractivity contribution in [2.75, 3.05) is 29.9 Å². The highest BCUT2D eigenvalue weighted by atomic mass is 19.1. The first-order valence-electron chi connectivity index (χ1n) is 11.7. The third-order valence-corrected chi connectivity index (χ3v) is 6.84. The lowest BCUT2D eigenvalue weighted by Gasteiger charge is -2.26. The van der Waals surface area contributed by atoms with Gasteiger partial charge in [-0.15, -0.1) is 0 Å². The highest BCUT2D eigenvalue weighted by Crippen LogP contribution is 2.37. The first-order valence-corrected chi connectivity index (χ1v) is 11.7. The number of carbonyl (C=O) groups excluding carboxylic acids is 1. The summed E-state index contributed by atoms with van der Waals surface area (Å²) in [4.78, 5) is 21.2. The molecule has 10 heteroatoms. The van der Waals surface area contributed by atoms with E-state index in [1.807, 2.05) is 23.1 Å². The largest absolute Gasteiger partial charge is 0.391 e. The van der Waals surface area contributed by atoms with E-state index in [2.05, 4.69) is 10.4 Å². The standard InChI is InChI=1S/C25H24F2N6O2/c26-15-6-7-18(27)17(13-15)21-5-2-10-32(21)22-9-12-33-24(29-22)23-19(3-1-4-20(23)30-33)28-25(35)31-11-8-16(34)14-31/h1,3-4,6-7,9,12-13,16,21,34H,2,5,8,10-11,14H2,(H,28,35)/t16-,21+/m0/s1. The van der Waals surface area contributed by atoms with Gasteiger partial charge in [0.15, 0.2) is 5.65 Å². The van der Waals surface area contributed by atoms with Gasteiger partial charge in [0.2, 0.25) is 0 Å². The molecule has 0 bridgehead atoms. The molecule has 6 rings (SSSR count). The summed E-state index contributed by atoms with van der Waals surface area (Å²) < 4.78 is 30.1. The van der Waals surface area contributed by atoms with Gasteiger partial charge in [0.25, 0.3) is 0 Å². The second-order valence-corrected chi connectivity index (χ2v) is 9.09. The van der Waals surface area contributed by atoms with Gasteiger partial charge in [-0.05, 0) is 55.7 Å². The molecule has 2 saturated heterocycles. The fourth-order valence-corrected chi connectivity index (χ4v) is 5.15. The molecule has 180 valence electrons. The summed E-state index contributed by atoms with van der Waals surface area (Å²) in [5, 5.41) is 18.0. The van der Waals surface area contributed by atoms with Gasteiger partial charge in [0.05, 0.1) is 28.7 Å². The molecular weight excluding hydrogens is 454 g/mol. The Hall–Kier alpha value is -3.79. The van der Waals surface area contributed by atoms with Crippen LogP contribution >= 0.6 is 0 Å². The topological polar surface area (TPSA) is 86.0 Å². The first kappa shape index (κ1) is 21.7. The number of halogens is 2. The minimum atomic E-state index is -0.505. The van der Waals surface area contributed by atoms with Crippen LogP contribution in [0.25, 0.3) is 16.6 Å². The van der Waals surface area contributed by atoms with Crippen molar-refractivity contribution in [2.45, 2.75) is 31.4 Å². The summed E-state index contributed by atoms with van der Waals surface area (Å²) in [5.74, 6) is -0.269. The van der Waals surface area contributed by atoms with Crippen LogP contribution in [-0.4, -0.2) is 56.4 Å². The lowest BCUT2D eigenvalue weighted by molar-refractivity contribution is 0.176. The van der Waals surface area contributed by atoms with Gasteiger partial charge in [0, 0.05) is 31.4 Å². The van der Waals surface area contributed by atoms with Crippen LogP contribution in [0, 0.1) is 11.6 Å². The molecule has 0 aliphatic carbocycles. The van der Waals surface area contributed by atoms with Gasteiger partial charge in [0.1, 0.15) is 17.5 Å². The number of β-amino-alcohol motifs (C(OH)–C–C–N with tert-alkyl or cyclic N) is 1. The summed E-state index contributed by atoms with van der Waals surface area (Å²) in [6.45, 7) is 1.45. The predicted octanol–water partition coefficient (Wildman–Crippen LogP) is 4.10. The Bertz CT molecular complexity index is 1440. The van der Waals surface area contributed by atoms with Crippen LogP contribution in [0.15, 0.2) is 48.7 Å². The number of amides is 2. The molecule has 2 fully saturated rings. The van der Waals surface area contributed by atoms with Gasteiger partial charge >= 0.3 is 6.03 Å². The number of nitrogens with one attached hydrogen (secondary N) is 1. The summed E-state index contributed by atoms with van der Waals surface area (Å²) in [6, 6.07) is 10.2. The van der Waals surface area contributed by atoms with E-state index in [1.54, 1.807) is 21.7 Å². The number of carbonyl (C=O) groups is 1. The zero-order valence-corrected chi connectivity index (χ0v) is 18.9. The summed E-state index contributed by atoms with van der Waals surface area (Å²) in [6.07, 6.45) is 3.36. The molecule has 2 aliphatic rings. The van der Waals surface area contributed by atoms with Gasteiger partial charge in [-0.2, -0.15) is 5.10 Å². The van der Waals surface area contributed by atoms with Crippen molar-refractivity contribution in [1.29, 1.82) is 0 Å². The molecule has 2 aromatic carbocycles. The Labute approximate surface area is 199 Å². The lowest BCUT2D eigenvalue weighted by Crippen LogP contribution is -2.33. The van der Waals surface area contributed by atoms with Crippen LogP contribution in [0.5, 0.6) is 0 Å². The van der Waals surface area contributed by atoms with E-state index >= 15 is 0 Å². The van der Waals surface area contributed by atoms with E-state index < -0.39 is 17.7 Å². The fraction of sp³-hybridized carbons (Fsp3) is 0.320. The maximum Gasteiger partial charge on any atom is 0.321 e. The molecule has 4 heterocycles. The van der Waals surface area contributed by atoms with Crippen molar-refractivity contribution in [3.63, 3.8) is 0 Å². The van der Waals surface area contributed by atoms with Crippen LogP contribution in [0.4, 0.5) is 25.1 Å². The number of nitrogens with zero attached hydrogens (tertiary/aromatic N) is 5. The number of aliphatic hydroxyl groups is 1. The van der Waals surface area contributed by atoms with Crippen molar-refractivity contribution in [2.24, 2.45) is 0 Å². The van der Waals surface area contributed by atoms with E-state index in [9.17, 15) is 18.7 Å². The smallest absolute Gasteiger partial charge is 0.321 e. The number of hydrogen-bond donors (Lipinski definition) is 2. The summed E-state index contributed by atoms with van der Waals surface area (Å²) in [5.41, 5.74) is 2.12. The summed E-state index contributed by atoms with van der Waals surface area (Å²) >= 11 is 0. The van der Waals surface area contributed by atoms with Crippen molar-refractivity contribution in [1.82, 2.24) is 19.5 Å². The molecule has 2 atom stereocenters. The Morgan fingerprint density at radius 3 is 2.83 bits per heavy atom. The average molecular weight is 479 g/mol. The van der Waals surface area contributed by atoms with Crippen LogP contribution in [-0.2, 0) is 0 Å². The highest BCUT2D eigenvalue weighted by Gasteiger charge is 2.30. The van der Waals surface area contributed by atoms with Crippen molar-refractivity contribution < 1.29 is 18.7 Å². The second-order valence-electron chi connectivity index (χ2n) is 9.09. The third kappa shape index (κ3) is 3.83. The number of benzene rings is 2. The van der Waals surface area contributed by atoms with Crippen LogP contribution in [0.1, 0.15) is 30.9 Å². The predicted molar refractivity (Wildman–Crippen MR) is 127 cm³/mol. The Kier molecular flexibility index (Phi) is 5.25. The number of aliphatic hydroxyl groups excluding tert-OH is 1. The zero-order chi connectivity index (χ0) is 24.1. The monoisotopic (exact) mass is 478 g/mol. The van der Waals surface area contributed by atoms with Gasteiger partial charge in [-0.3, -0.25) is 0 Å². The molecule has 2 aromatic heterocycles. The number of anilines is 2. The normalized spacial score (nSPS) is 20.3. The average Bonchev–Trinajstić information content (AvgIpc) is 3.58. The van der Waals surface area contributed by atoms with Crippen LogP contribution in [0.3, 0.4) is 0 Å². The van der Waals surface area contributed by atoms with E-state index in [1.165, 1.54) is 6.07 Å². The molecule has 2 aliphatic heterocycles. The van der Waals surface area contributed by atoms with Gasteiger partial charge in [-0.1, -0.05) is 6.07 Å². The highest BCUT2D eigenvalue weighted by molar-refractivity contribution is 6.07. The molecule has 35 heavy (non-hydrogen) atoms. The molecule has 8 nitrogen and oxygen atoms in total. The lowest BCUT2D eigenvalue weighted by atomic mass is 10.0. The first-order chi connectivity index (χ1) is 17.0. The molecule has 2 N–H and O–H groups in total. The number of hydrogen-bond acceptors (Lipinski definition) is 5. The maximum absolute atomic E-state index is 14.6. The van der Waals surface area contributed by atoms with E-state index in [0.717, 1.165) is 18.6 Å². The van der Waals surface area contributed by atoms with E-state index in [4.69, 9.17) is 4.98 Å². The van der Waals surface area contributed by atoms with Crippen molar-refractivity contribution >= 4 is 34.1 Å². The Morgan fingerprint density at radius 1 is 1.11 bits per heavy atom. The van der Waals surface area contributed by atoms with Crippen LogP contribution in [0.2, 0.25) is 0 Å². The second kappa shape index (κ2) is 8.46. The zero-order valence-electron chi connectivity index (χ0n) is 18.9. The molecule has 0 spiro atoms. The number of fused-ring (bicyclic) bond motifs is 3. The Balaban J connectivity index is 1.38. The van der Waals surface area contributed by atoms with Crippen LogP contribution < -0.4 is 10.2 Å². The third-order valence-electron chi connectivity index (χ3n) is 6.84. The SMILES string of the molecule is O=C(Nc1cccc2nn3ccc(N4CCC[C@@H]4c4cc(F)ccc4F)nc3c12)N1CC[C@H](O)C1. The number of aromatic nitrogens is 3. The molecule has 0 radical (unpaired) electrons. The molecule has 0 saturated carbocycles. The number of likely N-dealkylation sites (tertiary alicyclic amines) is 1. The molecule has 4 aromatic rings. The molecule has 2 amide bonds. The number of urea groups is 1. The van der Waals surface area contributed by atoms with Crippen molar-refractivity contribution in [3.8, 4) is 0 Å². The molecule has 0 unspecified atom stereocenters. The minimum Gasteiger partial charge on any atom is -0.391 e. The maximum atomic E-state index is 14.6. The van der Waals surface area contributed by atoms with Gasteiger partial charge < -0.3 is 20.2 Å². The van der Waals surface area contributed by atoms with Crippen molar-refractivity contribution in [3.05, 3.63) is 65.9 Å². The molecular formula is C25H24F2N6O2. The van der Waals surface area contributed by atoms with E-state index in [0.29, 0.717) is 66.1 Å². The summed E-state index contributed by atoms with van der Waals surface area (Å²) in [7, 11) is 0.